The van der Waals surface area contributed by atoms with E-state index >= 15 is 0 Å². The minimum Gasteiger partial charge on any atom is -0.378 e. The minimum atomic E-state index is -0.0466. The van der Waals surface area contributed by atoms with E-state index < -0.39 is 0 Å². The second kappa shape index (κ2) is 11.5. The summed E-state index contributed by atoms with van der Waals surface area (Å²) in [5, 5.41) is 4.78. The first-order valence-electron chi connectivity index (χ1n) is 13.5. The van der Waals surface area contributed by atoms with Crippen LogP contribution in [0.15, 0.2) is 59.5 Å². The molecule has 3 heterocycles. The Bertz CT molecular complexity index is 1290. The molecule has 5 rings (SSSR count). The third-order valence-corrected chi connectivity index (χ3v) is 7.81. The third-order valence-electron chi connectivity index (χ3n) is 7.81. The van der Waals surface area contributed by atoms with Crippen molar-refractivity contribution < 1.29 is 9.53 Å². The molecular formula is C30H38N4O3. The number of benzene rings is 2. The number of hydrogen-bond donors (Lipinski definition) is 1. The van der Waals surface area contributed by atoms with Crippen LogP contribution in [0.1, 0.15) is 42.6 Å². The zero-order valence-electron chi connectivity index (χ0n) is 22.0. The van der Waals surface area contributed by atoms with E-state index in [0.717, 1.165) is 68.9 Å². The molecule has 0 radical (unpaired) electrons. The highest BCUT2D eigenvalue weighted by Gasteiger charge is 2.21. The van der Waals surface area contributed by atoms with Gasteiger partial charge in [-0.05, 0) is 93.0 Å². The largest absolute Gasteiger partial charge is 0.378 e. The number of fused-ring (bicyclic) bond motifs is 1. The number of nitrogens with zero attached hydrogens (tertiary/aromatic N) is 3. The Labute approximate surface area is 219 Å². The number of carbonyl (C=O) groups excluding carboxylic acids is 1. The number of amides is 1. The van der Waals surface area contributed by atoms with Gasteiger partial charge in [0.1, 0.15) is 0 Å². The molecule has 2 aromatic carbocycles. The van der Waals surface area contributed by atoms with Crippen molar-refractivity contribution in [1.29, 1.82) is 0 Å². The number of rotatable bonds is 7. The number of anilines is 1. The van der Waals surface area contributed by atoms with Gasteiger partial charge in [0.15, 0.2) is 0 Å². The number of morpholine rings is 1. The molecule has 1 N–H and O–H groups in total. The van der Waals surface area contributed by atoms with E-state index in [1.54, 1.807) is 4.57 Å². The quantitative estimate of drug-likeness (QED) is 0.533. The van der Waals surface area contributed by atoms with Gasteiger partial charge >= 0.3 is 0 Å². The summed E-state index contributed by atoms with van der Waals surface area (Å²) in [7, 11) is 0. The van der Waals surface area contributed by atoms with Crippen molar-refractivity contribution in [2.45, 2.75) is 39.3 Å². The Morgan fingerprint density at radius 2 is 1.81 bits per heavy atom. The summed E-state index contributed by atoms with van der Waals surface area (Å²) in [4.78, 5) is 30.9. The van der Waals surface area contributed by atoms with Crippen molar-refractivity contribution in [3.8, 4) is 0 Å². The van der Waals surface area contributed by atoms with Crippen LogP contribution in [-0.2, 0) is 11.3 Å². The van der Waals surface area contributed by atoms with E-state index in [0.29, 0.717) is 36.0 Å². The van der Waals surface area contributed by atoms with Crippen molar-refractivity contribution in [2.75, 3.05) is 50.8 Å². The predicted octanol–water partition coefficient (Wildman–Crippen LogP) is 3.74. The first-order chi connectivity index (χ1) is 18.0. The first kappa shape index (κ1) is 25.5. The molecule has 0 atom stereocenters. The maximum Gasteiger partial charge on any atom is 0.258 e. The fourth-order valence-electron chi connectivity index (χ4n) is 5.44. The Kier molecular flexibility index (Phi) is 7.91. The van der Waals surface area contributed by atoms with Crippen molar-refractivity contribution in [3.05, 3.63) is 76.2 Å². The lowest BCUT2D eigenvalue weighted by Gasteiger charge is -2.34. The molecule has 196 valence electrons. The van der Waals surface area contributed by atoms with E-state index in [1.807, 2.05) is 48.7 Å². The lowest BCUT2D eigenvalue weighted by atomic mass is 9.96. The van der Waals surface area contributed by atoms with E-state index in [4.69, 9.17) is 4.74 Å². The number of nitrogens with one attached hydrogen (secondary N) is 1. The summed E-state index contributed by atoms with van der Waals surface area (Å²) in [6, 6.07) is 16.2. The number of piperidine rings is 1. The third kappa shape index (κ3) is 6.05. The van der Waals surface area contributed by atoms with Crippen molar-refractivity contribution in [1.82, 2.24) is 14.8 Å². The van der Waals surface area contributed by atoms with Crippen molar-refractivity contribution in [3.63, 3.8) is 0 Å². The Hall–Kier alpha value is -3.16. The molecule has 2 aliphatic heterocycles. The summed E-state index contributed by atoms with van der Waals surface area (Å²) in [6.45, 7) is 11.0. The van der Waals surface area contributed by atoms with Crippen LogP contribution >= 0.6 is 0 Å². The standard InChI is InChI=1S/C30H38N4O3/c1-22(2)32-11-8-23(9-12-32)20-31-29(35)26-5-3-4-24(18-26)21-34-13-10-25-19-27(6-7-28(25)30(34)36)33-14-16-37-17-15-33/h3-7,10,13,18-19,22-23H,8-9,11-12,14-17,20-21H2,1-2H3,(H,31,35). The molecule has 3 aromatic rings. The Balaban J connectivity index is 1.23. The minimum absolute atomic E-state index is 0.0198. The molecule has 2 aliphatic rings. The van der Waals surface area contributed by atoms with Crippen LogP contribution < -0.4 is 15.8 Å². The van der Waals surface area contributed by atoms with Gasteiger partial charge in [-0.1, -0.05) is 12.1 Å². The predicted molar refractivity (Wildman–Crippen MR) is 149 cm³/mol. The maximum absolute atomic E-state index is 13.2. The molecule has 7 nitrogen and oxygen atoms in total. The Morgan fingerprint density at radius 1 is 1.03 bits per heavy atom. The lowest BCUT2D eigenvalue weighted by Crippen LogP contribution is -2.41. The van der Waals surface area contributed by atoms with Crippen LogP contribution in [-0.4, -0.2) is 67.4 Å². The average Bonchev–Trinajstić information content (AvgIpc) is 2.94. The second-order valence-electron chi connectivity index (χ2n) is 10.6. The van der Waals surface area contributed by atoms with Gasteiger partial charge in [0.05, 0.1) is 19.8 Å². The van der Waals surface area contributed by atoms with Gasteiger partial charge < -0.3 is 24.4 Å². The van der Waals surface area contributed by atoms with Crippen LogP contribution in [0.2, 0.25) is 0 Å². The highest BCUT2D eigenvalue weighted by atomic mass is 16.5. The van der Waals surface area contributed by atoms with Crippen molar-refractivity contribution in [2.24, 2.45) is 5.92 Å². The SMILES string of the molecule is CC(C)N1CCC(CNC(=O)c2cccc(Cn3ccc4cc(N5CCOCC5)ccc4c3=O)c2)CC1. The molecule has 0 bridgehead atoms. The van der Waals surface area contributed by atoms with E-state index in [1.165, 1.54) is 0 Å². The fourth-order valence-corrected chi connectivity index (χ4v) is 5.44. The maximum atomic E-state index is 13.2. The smallest absolute Gasteiger partial charge is 0.258 e. The Morgan fingerprint density at radius 3 is 2.57 bits per heavy atom. The highest BCUT2D eigenvalue weighted by molar-refractivity contribution is 5.94. The molecule has 0 saturated carbocycles. The highest BCUT2D eigenvalue weighted by Crippen LogP contribution is 2.22. The molecule has 2 fully saturated rings. The van der Waals surface area contributed by atoms with Gasteiger partial charge in [0, 0.05) is 48.5 Å². The summed E-state index contributed by atoms with van der Waals surface area (Å²) in [6.07, 6.45) is 4.10. The molecule has 1 aromatic heterocycles. The van der Waals surface area contributed by atoms with Gasteiger partial charge in [-0.25, -0.2) is 0 Å². The summed E-state index contributed by atoms with van der Waals surface area (Å²) in [5.41, 5.74) is 2.68. The van der Waals surface area contributed by atoms with Gasteiger partial charge in [0.25, 0.3) is 11.5 Å². The van der Waals surface area contributed by atoms with Gasteiger partial charge in [-0.3, -0.25) is 9.59 Å². The first-order valence-corrected chi connectivity index (χ1v) is 13.5. The normalized spacial score (nSPS) is 17.4. The number of ether oxygens (including phenoxy) is 1. The number of hydrogen-bond acceptors (Lipinski definition) is 5. The van der Waals surface area contributed by atoms with Crippen molar-refractivity contribution >= 4 is 22.4 Å². The number of pyridine rings is 1. The number of carbonyl (C=O) groups is 1. The molecule has 0 aliphatic carbocycles. The monoisotopic (exact) mass is 502 g/mol. The van der Waals surface area contributed by atoms with Crippen LogP contribution in [0, 0.1) is 5.92 Å². The van der Waals surface area contributed by atoms with Gasteiger partial charge in [0.2, 0.25) is 0 Å². The topological polar surface area (TPSA) is 66.8 Å². The average molecular weight is 503 g/mol. The summed E-state index contributed by atoms with van der Waals surface area (Å²) >= 11 is 0. The molecule has 7 heteroatoms. The molecule has 2 saturated heterocycles. The number of aromatic nitrogens is 1. The molecule has 0 unspecified atom stereocenters. The van der Waals surface area contributed by atoms with Crippen LogP contribution in [0.4, 0.5) is 5.69 Å². The van der Waals surface area contributed by atoms with E-state index in [2.05, 4.69) is 35.0 Å². The summed E-state index contributed by atoms with van der Waals surface area (Å²) in [5.74, 6) is 0.483. The molecule has 0 spiro atoms. The summed E-state index contributed by atoms with van der Waals surface area (Å²) < 4.78 is 7.17. The van der Waals surface area contributed by atoms with Crippen LogP contribution in [0.5, 0.6) is 0 Å². The van der Waals surface area contributed by atoms with Crippen LogP contribution in [0.3, 0.4) is 0 Å². The van der Waals surface area contributed by atoms with E-state index in [-0.39, 0.29) is 11.5 Å². The second-order valence-corrected chi connectivity index (χ2v) is 10.6. The zero-order chi connectivity index (χ0) is 25.8. The van der Waals surface area contributed by atoms with Crippen LogP contribution in [0.25, 0.3) is 10.8 Å². The van der Waals surface area contributed by atoms with E-state index in [9.17, 15) is 9.59 Å². The number of likely N-dealkylation sites (tertiary alicyclic amines) is 1. The molecular weight excluding hydrogens is 464 g/mol. The van der Waals surface area contributed by atoms with Gasteiger partial charge in [-0.15, -0.1) is 0 Å². The molecule has 1 amide bonds. The zero-order valence-corrected chi connectivity index (χ0v) is 22.0. The lowest BCUT2D eigenvalue weighted by molar-refractivity contribution is 0.0929. The molecule has 37 heavy (non-hydrogen) atoms. The fraction of sp³-hybridized carbons (Fsp3) is 0.467. The van der Waals surface area contributed by atoms with Gasteiger partial charge in [-0.2, -0.15) is 0 Å².